The Morgan fingerprint density at radius 1 is 1.00 bits per heavy atom. The second kappa shape index (κ2) is 8.68. The molecule has 0 amide bonds. The fourth-order valence-corrected chi connectivity index (χ4v) is 16.6. The molecule has 0 saturated heterocycles. The maximum Gasteiger partial charge on any atom is -1.00 e. The standard InChI is InChI=1S/C15H18N.C2H7Si.4CH3.2ClH.Zr/c1-2-3-6-13-9-11-15(12-10-13)16-14-7-4-5-8-14;1-3-2;;;;;;;/h4-5,7,9-12H,2-3,6,8H2,1H3;3H,1-2H3;4*1H3;2*1H;/q-1;;;;;;;;+3/p-2. The number of allylic oxidation sites excluding steroid dienone is 3. The van der Waals surface area contributed by atoms with E-state index in [9.17, 15) is 0 Å². The Labute approximate surface area is 173 Å². The van der Waals surface area contributed by atoms with Crippen LogP contribution in [0.1, 0.15) is 31.7 Å². The molecule has 5 heteroatoms. The molecule has 26 heavy (non-hydrogen) atoms. The SMILES string of the molecule is CCCCc1ccc([N](C2=CC=CC2)[Zr+2]([CH3])([CH3])([CH3])([CH3])[SiH](C)C)cc1.[Cl-].[Cl-]. The summed E-state index contributed by atoms with van der Waals surface area (Å²) in [5.74, 6) is -0.864. The van der Waals surface area contributed by atoms with Gasteiger partial charge in [0.25, 0.3) is 0 Å². The molecule has 2 rings (SSSR count). The van der Waals surface area contributed by atoms with Gasteiger partial charge in [0.2, 0.25) is 0 Å². The van der Waals surface area contributed by atoms with Crippen molar-refractivity contribution in [1.29, 1.82) is 0 Å². The van der Waals surface area contributed by atoms with Gasteiger partial charge in [-0.3, -0.25) is 0 Å². The number of benzene rings is 1. The predicted molar refractivity (Wildman–Crippen MR) is 112 cm³/mol. The summed E-state index contributed by atoms with van der Waals surface area (Å²) in [5.41, 5.74) is 4.39. The molecule has 0 spiro atoms. The first-order valence-electron chi connectivity index (χ1n) is 9.71. The third-order valence-corrected chi connectivity index (χ3v) is 57.5. The molecule has 0 saturated carbocycles. The van der Waals surface area contributed by atoms with Crippen LogP contribution in [0.4, 0.5) is 5.69 Å². The van der Waals surface area contributed by atoms with E-state index in [4.69, 9.17) is 0 Å². The second-order valence-electron chi connectivity index (χ2n) is 10.7. The normalized spacial score (nSPS) is 14.8. The molecule has 0 aliphatic heterocycles. The fourth-order valence-electron chi connectivity index (χ4n) is 3.47. The van der Waals surface area contributed by atoms with Crippen molar-refractivity contribution in [2.24, 2.45) is 0 Å². The maximum atomic E-state index is 2.83. The Morgan fingerprint density at radius 3 is 2.00 bits per heavy atom. The average Bonchev–Trinajstić information content (AvgIpc) is 2.98. The molecule has 0 atom stereocenters. The van der Waals surface area contributed by atoms with Crippen LogP contribution >= 0.6 is 0 Å². The van der Waals surface area contributed by atoms with Crippen molar-refractivity contribution in [2.75, 3.05) is 2.84 Å². The number of aryl methyl sites for hydroxylation is 1. The quantitative estimate of drug-likeness (QED) is 0.513. The minimum atomic E-state index is -3.50. The van der Waals surface area contributed by atoms with E-state index < -0.39 is 22.7 Å². The molecule has 0 unspecified atom stereocenters. The zero-order valence-corrected chi connectivity index (χ0v) is 22.8. The van der Waals surface area contributed by atoms with Crippen molar-refractivity contribution in [2.45, 2.75) is 64.2 Å². The Hall–Kier alpha value is 0.180. The van der Waals surface area contributed by atoms with Crippen LogP contribution in [0.25, 0.3) is 0 Å². The van der Waals surface area contributed by atoms with Crippen LogP contribution in [0.5, 0.6) is 0 Å². The van der Waals surface area contributed by atoms with Gasteiger partial charge in [-0.1, -0.05) is 0 Å². The van der Waals surface area contributed by atoms with Gasteiger partial charge in [0.05, 0.1) is 0 Å². The van der Waals surface area contributed by atoms with E-state index in [0.29, 0.717) is 0 Å². The molecular weight excluding hydrogens is 456 g/mol. The molecule has 0 N–H and O–H groups in total. The summed E-state index contributed by atoms with van der Waals surface area (Å²) in [6, 6.07) is 9.48. The van der Waals surface area contributed by atoms with E-state index in [1.54, 1.807) is 0 Å². The van der Waals surface area contributed by atoms with Crippen molar-refractivity contribution in [1.82, 2.24) is 0 Å². The van der Waals surface area contributed by atoms with Gasteiger partial charge in [-0.05, 0) is 0 Å². The van der Waals surface area contributed by atoms with E-state index in [2.05, 4.69) is 83.9 Å². The van der Waals surface area contributed by atoms with Gasteiger partial charge in [-0.25, -0.2) is 0 Å². The van der Waals surface area contributed by atoms with E-state index in [0.717, 1.165) is 6.42 Å². The Morgan fingerprint density at radius 2 is 1.58 bits per heavy atom. The first kappa shape index (κ1) is 26.2. The first-order chi connectivity index (χ1) is 11.0. The number of nitrogens with zero attached hydrogens (tertiary/aromatic N) is 1. The Kier molecular flexibility index (Phi) is 8.74. The summed E-state index contributed by atoms with van der Waals surface area (Å²) in [6.45, 7) is 7.38. The molecule has 1 nitrogen and oxygen atoms in total. The maximum absolute atomic E-state index is 3.50. The Bertz CT molecular complexity index is 656. The summed E-state index contributed by atoms with van der Waals surface area (Å²) in [7, 11) is 0. The predicted octanol–water partition coefficient (Wildman–Crippen LogP) is 1.00. The summed E-state index contributed by atoms with van der Waals surface area (Å²) in [6.07, 6.45) is 11.7. The zero-order chi connectivity index (χ0) is 18.1. The van der Waals surface area contributed by atoms with Crippen molar-refractivity contribution in [3.05, 3.63) is 53.8 Å². The molecule has 0 aromatic heterocycles. The van der Waals surface area contributed by atoms with Crippen LogP contribution in [0.3, 0.4) is 0 Å². The molecule has 1 aromatic rings. The minimum absolute atomic E-state index is 0. The van der Waals surface area contributed by atoms with Crippen molar-refractivity contribution < 1.29 is 41.6 Å². The molecule has 1 aliphatic rings. The monoisotopic (exact) mass is 491 g/mol. The molecule has 0 radical (unpaired) electrons. The van der Waals surface area contributed by atoms with Crippen molar-refractivity contribution >= 4 is 11.6 Å². The number of hydrogen-bond donors (Lipinski definition) is 0. The Balaban J connectivity index is 0.00000312. The third kappa shape index (κ3) is 5.37. The smallest absolute Gasteiger partial charge is 1.00 e. The van der Waals surface area contributed by atoms with Crippen LogP contribution in [0.2, 0.25) is 31.6 Å². The van der Waals surface area contributed by atoms with E-state index in [1.807, 2.05) is 0 Å². The summed E-state index contributed by atoms with van der Waals surface area (Å²) < 4.78 is 13.5. The summed E-state index contributed by atoms with van der Waals surface area (Å²) in [5, 5.41) is 0. The number of anilines is 1. The minimum Gasteiger partial charge on any atom is -1.00 e. The summed E-state index contributed by atoms with van der Waals surface area (Å²) >= 11 is -3.50. The van der Waals surface area contributed by atoms with Crippen LogP contribution < -0.4 is 27.7 Å². The van der Waals surface area contributed by atoms with Crippen LogP contribution in [0.15, 0.2) is 48.2 Å². The largest absolute Gasteiger partial charge is 1.00 e. The van der Waals surface area contributed by atoms with Gasteiger partial charge in [-0.15, -0.1) is 0 Å². The zero-order valence-electron chi connectivity index (χ0n) is 17.7. The molecule has 0 heterocycles. The van der Waals surface area contributed by atoms with Crippen molar-refractivity contribution in [3.63, 3.8) is 0 Å². The van der Waals surface area contributed by atoms with Crippen molar-refractivity contribution in [3.8, 4) is 0 Å². The van der Waals surface area contributed by atoms with Gasteiger partial charge in [0.1, 0.15) is 0 Å². The van der Waals surface area contributed by atoms with Gasteiger partial charge < -0.3 is 24.8 Å². The van der Waals surface area contributed by atoms with E-state index in [1.165, 1.54) is 36.2 Å². The number of rotatable bonds is 7. The molecule has 1 aromatic carbocycles. The van der Waals surface area contributed by atoms with Gasteiger partial charge in [-0.2, -0.15) is 0 Å². The van der Waals surface area contributed by atoms with E-state index >= 15 is 0 Å². The van der Waals surface area contributed by atoms with Gasteiger partial charge >= 0.3 is 149 Å². The van der Waals surface area contributed by atoms with Crippen LogP contribution in [-0.2, 0) is 23.2 Å². The number of unbranched alkanes of at least 4 members (excludes halogenated alkanes) is 1. The molecule has 0 fully saturated rings. The summed E-state index contributed by atoms with van der Waals surface area (Å²) in [4.78, 5) is 0. The molecule has 1 aliphatic carbocycles. The topological polar surface area (TPSA) is 3.24 Å². The number of halogens is 2. The van der Waals surface area contributed by atoms with Crippen LogP contribution in [-0.4, -0.2) is 5.92 Å². The van der Waals surface area contributed by atoms with Gasteiger partial charge in [0.15, 0.2) is 0 Å². The molecule has 148 valence electrons. The second-order valence-corrected chi connectivity index (χ2v) is 63.3. The number of hydrogen-bond acceptors (Lipinski definition) is 1. The van der Waals surface area contributed by atoms with Gasteiger partial charge in [0, 0.05) is 0 Å². The first-order valence-corrected chi connectivity index (χ1v) is 27.8. The molecule has 0 bridgehead atoms. The van der Waals surface area contributed by atoms with E-state index in [-0.39, 0.29) is 24.8 Å². The molecular formula is C21H37Cl2NSiZr. The fraction of sp³-hybridized carbons (Fsp3) is 0.524. The third-order valence-electron chi connectivity index (χ3n) is 6.64. The average molecular weight is 494 g/mol. The van der Waals surface area contributed by atoms with Crippen LogP contribution in [0, 0.1) is 0 Å².